The summed E-state index contributed by atoms with van der Waals surface area (Å²) in [4.78, 5) is 15.4. The summed E-state index contributed by atoms with van der Waals surface area (Å²) >= 11 is 0. The van der Waals surface area contributed by atoms with Crippen molar-refractivity contribution in [3.63, 3.8) is 0 Å². The molecule has 0 bridgehead atoms. The normalized spacial score (nSPS) is 18.7. The highest BCUT2D eigenvalue weighted by Crippen LogP contribution is 2.31. The largest absolute Gasteiger partial charge is 0.460 e. The molecule has 0 unspecified atom stereocenters. The Hall–Kier alpha value is -2.16. The van der Waals surface area contributed by atoms with Crippen LogP contribution in [0.3, 0.4) is 0 Å². The molecule has 0 atom stereocenters. The van der Waals surface area contributed by atoms with E-state index in [0.717, 1.165) is 69.8 Å². The van der Waals surface area contributed by atoms with Crippen LogP contribution in [0.15, 0.2) is 18.2 Å². The van der Waals surface area contributed by atoms with Crippen LogP contribution in [0.5, 0.6) is 5.88 Å². The van der Waals surface area contributed by atoms with Crippen molar-refractivity contribution in [3.8, 4) is 5.88 Å². The van der Waals surface area contributed by atoms with Crippen molar-refractivity contribution < 1.29 is 19.0 Å². The number of carbonyl (C=O) groups is 1. The summed E-state index contributed by atoms with van der Waals surface area (Å²) in [6.07, 6.45) is 1.97. The van der Waals surface area contributed by atoms with Gasteiger partial charge in [0.15, 0.2) is 5.60 Å². The second-order valence-electron chi connectivity index (χ2n) is 9.96. The van der Waals surface area contributed by atoms with E-state index in [1.165, 1.54) is 5.56 Å². The number of hydrogen-bond acceptors (Lipinski definition) is 6. The molecule has 2 aliphatic heterocycles. The zero-order valence-corrected chi connectivity index (χ0v) is 20.4. The number of morpholine rings is 1. The van der Waals surface area contributed by atoms with Gasteiger partial charge in [0.05, 0.1) is 24.1 Å². The first-order valence-electron chi connectivity index (χ1n) is 12.2. The van der Waals surface area contributed by atoms with Crippen LogP contribution in [0.1, 0.15) is 52.1 Å². The average Bonchev–Trinajstić information content (AvgIpc) is 3.16. The van der Waals surface area contributed by atoms with Crippen molar-refractivity contribution >= 4 is 16.8 Å². The fourth-order valence-electron chi connectivity index (χ4n) is 4.43. The van der Waals surface area contributed by atoms with Crippen LogP contribution in [0, 0.1) is 5.92 Å². The van der Waals surface area contributed by atoms with Crippen LogP contribution in [0.25, 0.3) is 10.9 Å². The molecule has 33 heavy (non-hydrogen) atoms. The first kappa shape index (κ1) is 24.0. The van der Waals surface area contributed by atoms with Crippen LogP contribution >= 0.6 is 0 Å². The Morgan fingerprint density at radius 3 is 2.58 bits per heavy atom. The molecule has 2 aromatic rings. The number of hydrogen-bond donors (Lipinski definition) is 1. The summed E-state index contributed by atoms with van der Waals surface area (Å²) in [5.74, 6) is 0.849. The van der Waals surface area contributed by atoms with E-state index in [2.05, 4.69) is 42.3 Å². The lowest BCUT2D eigenvalue weighted by Crippen LogP contribution is -2.48. The van der Waals surface area contributed by atoms with Crippen LogP contribution < -0.4 is 10.1 Å². The fraction of sp³-hybridized carbons (Fsp3) is 0.680. The number of fused-ring (bicyclic) bond motifs is 1. The van der Waals surface area contributed by atoms with E-state index >= 15 is 0 Å². The van der Waals surface area contributed by atoms with Crippen molar-refractivity contribution in [2.75, 3.05) is 46.1 Å². The van der Waals surface area contributed by atoms with Crippen molar-refractivity contribution in [3.05, 3.63) is 23.8 Å². The number of amides is 1. The van der Waals surface area contributed by atoms with Crippen LogP contribution in [0.4, 0.5) is 0 Å². The topological polar surface area (TPSA) is 77.9 Å². The second-order valence-corrected chi connectivity index (χ2v) is 9.96. The van der Waals surface area contributed by atoms with Gasteiger partial charge in [0, 0.05) is 45.4 Å². The van der Waals surface area contributed by atoms with Gasteiger partial charge in [0.2, 0.25) is 5.88 Å². The summed E-state index contributed by atoms with van der Waals surface area (Å²) < 4.78 is 19.2. The van der Waals surface area contributed by atoms with Crippen molar-refractivity contribution in [1.82, 2.24) is 20.0 Å². The highest BCUT2D eigenvalue weighted by molar-refractivity contribution is 5.88. The lowest BCUT2D eigenvalue weighted by molar-refractivity contribution is -0.134. The molecule has 0 aliphatic carbocycles. The van der Waals surface area contributed by atoms with E-state index in [9.17, 15) is 4.79 Å². The van der Waals surface area contributed by atoms with Gasteiger partial charge in [-0.25, -0.2) is 0 Å². The molecule has 0 radical (unpaired) electrons. The quantitative estimate of drug-likeness (QED) is 0.655. The number of aromatic nitrogens is 2. The molecular weight excluding hydrogens is 420 g/mol. The molecule has 0 spiro atoms. The predicted octanol–water partition coefficient (Wildman–Crippen LogP) is 3.15. The monoisotopic (exact) mass is 458 g/mol. The van der Waals surface area contributed by atoms with Crippen LogP contribution in [0.2, 0.25) is 0 Å². The highest BCUT2D eigenvalue weighted by atomic mass is 16.5. The first-order valence-corrected chi connectivity index (χ1v) is 12.2. The SMILES string of the molecule is CC(C)n1nc(OC(C)(C)C(=O)NCC2CCOCC2)c2cc(CN3CCOCC3)ccc21. The Morgan fingerprint density at radius 2 is 1.88 bits per heavy atom. The molecular formula is C25H38N4O4. The van der Waals surface area contributed by atoms with Crippen molar-refractivity contribution in [2.45, 2.75) is 58.7 Å². The van der Waals surface area contributed by atoms with Gasteiger partial charge in [-0.3, -0.25) is 14.4 Å². The standard InChI is InChI=1S/C25H38N4O4/c1-18(2)29-22-6-5-20(17-28-9-13-32-14-10-28)15-21(22)23(27-29)33-25(3,4)24(30)26-16-19-7-11-31-12-8-19/h5-6,15,18-19H,7-14,16-17H2,1-4H3,(H,26,30). The molecule has 2 saturated heterocycles. The Bertz CT molecular complexity index is 943. The average molecular weight is 459 g/mol. The molecule has 0 saturated carbocycles. The number of benzene rings is 1. The van der Waals surface area contributed by atoms with Crippen LogP contribution in [-0.2, 0) is 20.8 Å². The van der Waals surface area contributed by atoms with Gasteiger partial charge in [-0.2, -0.15) is 0 Å². The first-order chi connectivity index (χ1) is 15.8. The van der Waals surface area contributed by atoms with Gasteiger partial charge in [0.1, 0.15) is 0 Å². The van der Waals surface area contributed by atoms with E-state index in [0.29, 0.717) is 18.3 Å². The Labute approximate surface area is 196 Å². The third kappa shape index (κ3) is 5.86. The second kappa shape index (κ2) is 10.4. The van der Waals surface area contributed by atoms with E-state index in [1.807, 2.05) is 18.5 Å². The minimum Gasteiger partial charge on any atom is -0.460 e. The predicted molar refractivity (Wildman–Crippen MR) is 127 cm³/mol. The number of ether oxygens (including phenoxy) is 3. The maximum atomic E-state index is 13.0. The summed E-state index contributed by atoms with van der Waals surface area (Å²) in [6, 6.07) is 6.61. The molecule has 182 valence electrons. The molecule has 4 rings (SSSR count). The van der Waals surface area contributed by atoms with Crippen molar-refractivity contribution in [2.24, 2.45) is 5.92 Å². The van der Waals surface area contributed by atoms with E-state index in [-0.39, 0.29) is 11.9 Å². The zero-order chi connectivity index (χ0) is 23.4. The van der Waals surface area contributed by atoms with Gasteiger partial charge < -0.3 is 19.5 Å². The lowest BCUT2D eigenvalue weighted by atomic mass is 10.00. The molecule has 8 heteroatoms. The van der Waals surface area contributed by atoms with Crippen LogP contribution in [-0.4, -0.2) is 72.3 Å². The smallest absolute Gasteiger partial charge is 0.263 e. The molecule has 8 nitrogen and oxygen atoms in total. The van der Waals surface area contributed by atoms with Gasteiger partial charge in [-0.1, -0.05) is 6.07 Å². The minimum atomic E-state index is -1.03. The van der Waals surface area contributed by atoms with Gasteiger partial charge in [-0.05, 0) is 64.2 Å². The summed E-state index contributed by atoms with van der Waals surface area (Å²) in [7, 11) is 0. The Morgan fingerprint density at radius 1 is 1.18 bits per heavy atom. The summed E-state index contributed by atoms with van der Waals surface area (Å²) in [5, 5.41) is 8.79. The number of rotatable bonds is 8. The number of carbonyl (C=O) groups excluding carboxylic acids is 1. The third-order valence-electron chi connectivity index (χ3n) is 6.53. The molecule has 1 aromatic carbocycles. The maximum Gasteiger partial charge on any atom is 0.263 e. The molecule has 1 N–H and O–H groups in total. The molecule has 2 fully saturated rings. The van der Waals surface area contributed by atoms with Gasteiger partial charge in [-0.15, -0.1) is 5.10 Å². The summed E-state index contributed by atoms with van der Waals surface area (Å²) in [6.45, 7) is 14.3. The Balaban J connectivity index is 1.51. The van der Waals surface area contributed by atoms with E-state index in [1.54, 1.807) is 0 Å². The maximum absolute atomic E-state index is 13.0. The third-order valence-corrected chi connectivity index (χ3v) is 6.53. The van der Waals surface area contributed by atoms with Gasteiger partial charge in [0.25, 0.3) is 5.91 Å². The van der Waals surface area contributed by atoms with E-state index in [4.69, 9.17) is 19.3 Å². The number of nitrogens with one attached hydrogen (secondary N) is 1. The molecule has 3 heterocycles. The number of nitrogens with zero attached hydrogens (tertiary/aromatic N) is 3. The Kier molecular flexibility index (Phi) is 7.56. The zero-order valence-electron chi connectivity index (χ0n) is 20.4. The van der Waals surface area contributed by atoms with Gasteiger partial charge >= 0.3 is 0 Å². The summed E-state index contributed by atoms with van der Waals surface area (Å²) in [5.41, 5.74) is 1.19. The molecule has 1 aromatic heterocycles. The lowest BCUT2D eigenvalue weighted by Gasteiger charge is -2.27. The highest BCUT2D eigenvalue weighted by Gasteiger charge is 2.32. The van der Waals surface area contributed by atoms with E-state index < -0.39 is 5.60 Å². The molecule has 1 amide bonds. The minimum absolute atomic E-state index is 0.120. The van der Waals surface area contributed by atoms with Crippen molar-refractivity contribution in [1.29, 1.82) is 0 Å². The molecule has 2 aliphatic rings. The fourth-order valence-corrected chi connectivity index (χ4v) is 4.43.